The summed E-state index contributed by atoms with van der Waals surface area (Å²) in [6, 6.07) is 71.1. The molecule has 8 aromatic carbocycles. The molecule has 0 bridgehead atoms. The zero-order valence-electron chi connectivity index (χ0n) is 27.4. The van der Waals surface area contributed by atoms with Gasteiger partial charge in [0.1, 0.15) is 11.3 Å². The lowest BCUT2D eigenvalue weighted by atomic mass is 9.98. The van der Waals surface area contributed by atoms with E-state index < -0.39 is 0 Å². The van der Waals surface area contributed by atoms with Gasteiger partial charge in [-0.2, -0.15) is 0 Å². The first kappa shape index (κ1) is 29.5. The number of fused-ring (bicyclic) bond motifs is 2. The SMILES string of the molecule is c1ccc(N(c2ccc(-c3ccc(-c4cccc(-c5cc6ccccc6o5)c4)cc3)cc2)c2ccc(-c3ccc4ccccc4c3)cc2)cc1. The number of hydrogen-bond donors (Lipinski definition) is 0. The molecule has 0 saturated carbocycles. The molecule has 0 N–H and O–H groups in total. The molecular formula is C48H33NO. The summed E-state index contributed by atoms with van der Waals surface area (Å²) in [6.45, 7) is 0. The predicted octanol–water partition coefficient (Wildman–Crippen LogP) is 13.7. The summed E-state index contributed by atoms with van der Waals surface area (Å²) in [5, 5.41) is 3.63. The summed E-state index contributed by atoms with van der Waals surface area (Å²) >= 11 is 0. The van der Waals surface area contributed by atoms with E-state index in [2.05, 4.69) is 187 Å². The summed E-state index contributed by atoms with van der Waals surface area (Å²) in [4.78, 5) is 2.31. The molecule has 50 heavy (non-hydrogen) atoms. The molecular weight excluding hydrogens is 607 g/mol. The van der Waals surface area contributed by atoms with Crippen LogP contribution < -0.4 is 4.90 Å². The highest BCUT2D eigenvalue weighted by molar-refractivity contribution is 5.88. The van der Waals surface area contributed by atoms with Gasteiger partial charge in [0.25, 0.3) is 0 Å². The quantitative estimate of drug-likeness (QED) is 0.173. The number of hydrogen-bond acceptors (Lipinski definition) is 2. The van der Waals surface area contributed by atoms with Crippen LogP contribution in [0.15, 0.2) is 205 Å². The maximum Gasteiger partial charge on any atom is 0.135 e. The van der Waals surface area contributed by atoms with Crippen molar-refractivity contribution >= 4 is 38.8 Å². The van der Waals surface area contributed by atoms with E-state index in [1.165, 1.54) is 38.6 Å². The Morgan fingerprint density at radius 1 is 0.280 bits per heavy atom. The van der Waals surface area contributed by atoms with E-state index in [0.717, 1.165) is 44.9 Å². The van der Waals surface area contributed by atoms with Gasteiger partial charge in [0.2, 0.25) is 0 Å². The number of para-hydroxylation sites is 2. The van der Waals surface area contributed by atoms with Crippen LogP contribution in [0.3, 0.4) is 0 Å². The average molecular weight is 640 g/mol. The fourth-order valence-electron chi connectivity index (χ4n) is 6.83. The van der Waals surface area contributed by atoms with Crippen LogP contribution in [-0.2, 0) is 0 Å². The van der Waals surface area contributed by atoms with E-state index in [-0.39, 0.29) is 0 Å². The van der Waals surface area contributed by atoms with Crippen molar-refractivity contribution in [3.63, 3.8) is 0 Å². The highest BCUT2D eigenvalue weighted by Crippen LogP contribution is 2.37. The highest BCUT2D eigenvalue weighted by atomic mass is 16.3. The van der Waals surface area contributed by atoms with Crippen molar-refractivity contribution in [3.05, 3.63) is 200 Å². The molecule has 0 aliphatic heterocycles. The van der Waals surface area contributed by atoms with Crippen molar-refractivity contribution in [1.29, 1.82) is 0 Å². The Morgan fingerprint density at radius 3 is 1.42 bits per heavy atom. The minimum atomic E-state index is 0.884. The van der Waals surface area contributed by atoms with Crippen molar-refractivity contribution in [2.45, 2.75) is 0 Å². The molecule has 236 valence electrons. The van der Waals surface area contributed by atoms with Crippen LogP contribution in [0, 0.1) is 0 Å². The van der Waals surface area contributed by atoms with E-state index in [9.17, 15) is 0 Å². The summed E-state index contributed by atoms with van der Waals surface area (Å²) < 4.78 is 6.14. The Balaban J connectivity index is 0.976. The first-order valence-corrected chi connectivity index (χ1v) is 17.0. The van der Waals surface area contributed by atoms with Crippen LogP contribution in [0.5, 0.6) is 0 Å². The van der Waals surface area contributed by atoms with Gasteiger partial charge in [-0.15, -0.1) is 0 Å². The summed E-state index contributed by atoms with van der Waals surface area (Å²) in [7, 11) is 0. The van der Waals surface area contributed by atoms with Gasteiger partial charge in [0.15, 0.2) is 0 Å². The summed E-state index contributed by atoms with van der Waals surface area (Å²) in [5.74, 6) is 0.884. The monoisotopic (exact) mass is 639 g/mol. The minimum absolute atomic E-state index is 0.884. The zero-order chi connectivity index (χ0) is 33.3. The predicted molar refractivity (Wildman–Crippen MR) is 210 cm³/mol. The van der Waals surface area contributed by atoms with Crippen molar-refractivity contribution in [1.82, 2.24) is 0 Å². The molecule has 0 amide bonds. The van der Waals surface area contributed by atoms with Gasteiger partial charge in [-0.25, -0.2) is 0 Å². The van der Waals surface area contributed by atoms with Crippen molar-refractivity contribution in [3.8, 4) is 44.7 Å². The van der Waals surface area contributed by atoms with Crippen LogP contribution in [0.4, 0.5) is 17.1 Å². The lowest BCUT2D eigenvalue weighted by molar-refractivity contribution is 0.631. The molecule has 1 heterocycles. The number of nitrogens with zero attached hydrogens (tertiary/aromatic N) is 1. The van der Waals surface area contributed by atoms with Gasteiger partial charge in [-0.05, 0) is 105 Å². The fraction of sp³-hybridized carbons (Fsp3) is 0. The molecule has 1 aromatic heterocycles. The normalized spacial score (nSPS) is 11.2. The van der Waals surface area contributed by atoms with Gasteiger partial charge >= 0.3 is 0 Å². The molecule has 0 spiro atoms. The molecule has 9 aromatic rings. The van der Waals surface area contributed by atoms with Crippen LogP contribution in [-0.4, -0.2) is 0 Å². The number of rotatable bonds is 7. The maximum atomic E-state index is 6.14. The summed E-state index contributed by atoms with van der Waals surface area (Å²) in [5.41, 5.74) is 12.4. The zero-order valence-corrected chi connectivity index (χ0v) is 27.4. The molecule has 0 aliphatic carbocycles. The molecule has 0 fully saturated rings. The van der Waals surface area contributed by atoms with Crippen LogP contribution in [0.1, 0.15) is 0 Å². The third kappa shape index (κ3) is 5.74. The van der Waals surface area contributed by atoms with Gasteiger partial charge in [0, 0.05) is 28.0 Å². The van der Waals surface area contributed by atoms with Crippen LogP contribution >= 0.6 is 0 Å². The van der Waals surface area contributed by atoms with E-state index >= 15 is 0 Å². The molecule has 2 heteroatoms. The topological polar surface area (TPSA) is 16.4 Å². The molecule has 0 atom stereocenters. The van der Waals surface area contributed by atoms with Gasteiger partial charge in [-0.3, -0.25) is 0 Å². The number of furan rings is 1. The second-order valence-electron chi connectivity index (χ2n) is 12.6. The van der Waals surface area contributed by atoms with Crippen LogP contribution in [0.25, 0.3) is 66.4 Å². The molecule has 0 aliphatic rings. The van der Waals surface area contributed by atoms with Crippen molar-refractivity contribution in [2.75, 3.05) is 4.90 Å². The lowest BCUT2D eigenvalue weighted by Gasteiger charge is -2.26. The third-order valence-electron chi connectivity index (χ3n) is 9.47. The molecule has 0 radical (unpaired) electrons. The smallest absolute Gasteiger partial charge is 0.135 e. The van der Waals surface area contributed by atoms with E-state index in [0.29, 0.717) is 0 Å². The second kappa shape index (κ2) is 12.8. The molecule has 9 rings (SSSR count). The first-order valence-electron chi connectivity index (χ1n) is 17.0. The van der Waals surface area contributed by atoms with E-state index in [1.807, 2.05) is 18.2 Å². The third-order valence-corrected chi connectivity index (χ3v) is 9.47. The van der Waals surface area contributed by atoms with Crippen molar-refractivity contribution < 1.29 is 4.42 Å². The Kier molecular flexibility index (Phi) is 7.53. The molecule has 2 nitrogen and oxygen atoms in total. The first-order chi connectivity index (χ1) is 24.7. The van der Waals surface area contributed by atoms with Crippen LogP contribution in [0.2, 0.25) is 0 Å². The lowest BCUT2D eigenvalue weighted by Crippen LogP contribution is -2.09. The number of benzene rings is 8. The van der Waals surface area contributed by atoms with E-state index in [1.54, 1.807) is 0 Å². The Morgan fingerprint density at radius 2 is 0.760 bits per heavy atom. The Labute approximate surface area is 292 Å². The minimum Gasteiger partial charge on any atom is -0.456 e. The van der Waals surface area contributed by atoms with Crippen molar-refractivity contribution in [2.24, 2.45) is 0 Å². The van der Waals surface area contributed by atoms with Gasteiger partial charge < -0.3 is 9.32 Å². The standard InChI is InChI=1S/C48H33NO/c1-2-14-44(15-3-1)49(46-29-25-38(26-30-46)41-22-21-34-9-4-5-10-39(34)31-41)45-27-23-36(24-28-45)35-17-19-37(20-18-35)40-12-8-13-42(32-40)48-33-43-11-6-7-16-47(43)50-48/h1-33H. The van der Waals surface area contributed by atoms with E-state index in [4.69, 9.17) is 4.42 Å². The van der Waals surface area contributed by atoms with Gasteiger partial charge in [-0.1, -0.05) is 140 Å². The highest BCUT2D eigenvalue weighted by Gasteiger charge is 2.14. The Bertz CT molecular complexity index is 2530. The number of anilines is 3. The second-order valence-corrected chi connectivity index (χ2v) is 12.6. The maximum absolute atomic E-state index is 6.14. The average Bonchev–Trinajstić information content (AvgIpc) is 3.64. The molecule has 0 saturated heterocycles. The summed E-state index contributed by atoms with van der Waals surface area (Å²) in [6.07, 6.45) is 0. The van der Waals surface area contributed by atoms with Gasteiger partial charge in [0.05, 0.1) is 0 Å². The largest absolute Gasteiger partial charge is 0.456 e. The fourth-order valence-corrected chi connectivity index (χ4v) is 6.83. The molecule has 0 unspecified atom stereocenters. The Hall–Kier alpha value is -6.64.